The van der Waals surface area contributed by atoms with Gasteiger partial charge in [0, 0.05) is 5.56 Å². The number of nitrogens with zero attached hydrogens (tertiary/aromatic N) is 3. The Bertz CT molecular complexity index is 1340. The molecule has 2 saturated heterocycles. The normalized spacial score (nSPS) is 24.7. The standard InChI is InChI=1S/C27H20FN3O3/c28-19-12-10-17(11-13-19)25(32)24-22-21(23-20-9-5-4-8-18(20)14-29-31(23)24)26(33)30(27(22)34)15-16-6-2-1-3-7-16/h1-14,21-24H,15H2/t21-,22-,23+,24+/m1/s1. The fourth-order valence-electron chi connectivity index (χ4n) is 5.44. The maximum absolute atomic E-state index is 13.7. The molecule has 3 aliphatic rings. The Balaban J connectivity index is 1.45. The number of carbonyl (C=O) groups is 3. The molecule has 3 aliphatic heterocycles. The number of imide groups is 1. The summed E-state index contributed by atoms with van der Waals surface area (Å²) in [6.07, 6.45) is 1.66. The molecule has 0 bridgehead atoms. The Kier molecular flexibility index (Phi) is 4.65. The lowest BCUT2D eigenvalue weighted by Gasteiger charge is -2.33. The highest BCUT2D eigenvalue weighted by molar-refractivity contribution is 6.12. The number of hydrogen-bond donors (Lipinski definition) is 0. The van der Waals surface area contributed by atoms with Gasteiger partial charge in [0.2, 0.25) is 11.8 Å². The molecule has 2 fully saturated rings. The zero-order valence-electron chi connectivity index (χ0n) is 18.0. The predicted octanol–water partition coefficient (Wildman–Crippen LogP) is 3.58. The maximum atomic E-state index is 13.7. The summed E-state index contributed by atoms with van der Waals surface area (Å²) in [5.41, 5.74) is 2.84. The number of benzene rings is 3. The Labute approximate surface area is 195 Å². The third-order valence-corrected chi connectivity index (χ3v) is 6.97. The molecule has 3 aromatic carbocycles. The molecule has 4 atom stereocenters. The van der Waals surface area contributed by atoms with Crippen LogP contribution in [-0.4, -0.2) is 39.8 Å². The molecule has 0 unspecified atom stereocenters. The molecule has 0 radical (unpaired) electrons. The molecule has 2 amide bonds. The third kappa shape index (κ3) is 3.00. The average Bonchev–Trinajstić information content (AvgIpc) is 3.33. The molecule has 3 aromatic rings. The van der Waals surface area contributed by atoms with Gasteiger partial charge < -0.3 is 0 Å². The minimum Gasteiger partial charge on any atom is -0.292 e. The van der Waals surface area contributed by atoms with Crippen molar-refractivity contribution in [1.82, 2.24) is 9.91 Å². The summed E-state index contributed by atoms with van der Waals surface area (Å²) >= 11 is 0. The van der Waals surface area contributed by atoms with E-state index in [1.807, 2.05) is 54.6 Å². The summed E-state index contributed by atoms with van der Waals surface area (Å²) in [6.45, 7) is 0.153. The van der Waals surface area contributed by atoms with Gasteiger partial charge in [-0.1, -0.05) is 54.6 Å². The van der Waals surface area contributed by atoms with Crippen LogP contribution in [0, 0.1) is 17.7 Å². The Hall–Kier alpha value is -4.13. The van der Waals surface area contributed by atoms with Gasteiger partial charge in [0.25, 0.3) is 0 Å². The van der Waals surface area contributed by atoms with E-state index in [9.17, 15) is 18.8 Å². The smallest absolute Gasteiger partial charge is 0.236 e. The van der Waals surface area contributed by atoms with Crippen LogP contribution in [-0.2, 0) is 16.1 Å². The summed E-state index contributed by atoms with van der Waals surface area (Å²) < 4.78 is 13.5. The number of amides is 2. The number of Topliss-reactive ketones (excluding diaryl/α,β-unsaturated/α-hetero) is 1. The van der Waals surface area contributed by atoms with Crippen LogP contribution in [0.1, 0.15) is 33.1 Å². The second-order valence-electron chi connectivity index (χ2n) is 8.81. The minimum atomic E-state index is -0.956. The SMILES string of the molecule is O=C(c1ccc(F)cc1)[C@@H]1[C@@H]2C(=O)N(Cc3ccccc3)C(=O)[C@H]2[C@@H]2c3ccccc3C=NN12. The van der Waals surface area contributed by atoms with E-state index in [4.69, 9.17) is 0 Å². The number of ketones is 1. The van der Waals surface area contributed by atoms with Gasteiger partial charge in [-0.3, -0.25) is 24.3 Å². The van der Waals surface area contributed by atoms with Crippen molar-refractivity contribution < 1.29 is 18.8 Å². The monoisotopic (exact) mass is 453 g/mol. The molecule has 34 heavy (non-hydrogen) atoms. The number of carbonyl (C=O) groups excluding carboxylic acids is 3. The molecule has 6 rings (SSSR count). The number of fused-ring (bicyclic) bond motifs is 5. The summed E-state index contributed by atoms with van der Waals surface area (Å²) in [6, 6.07) is 20.7. The van der Waals surface area contributed by atoms with Gasteiger partial charge in [0.1, 0.15) is 11.9 Å². The number of rotatable bonds is 4. The molecular weight excluding hydrogens is 433 g/mol. The van der Waals surface area contributed by atoms with E-state index in [0.717, 1.165) is 16.7 Å². The molecule has 0 saturated carbocycles. The van der Waals surface area contributed by atoms with Crippen LogP contribution >= 0.6 is 0 Å². The summed E-state index contributed by atoms with van der Waals surface area (Å²) in [5.74, 6) is -3.08. The quantitative estimate of drug-likeness (QED) is 0.447. The Morgan fingerprint density at radius 2 is 1.53 bits per heavy atom. The first-order chi connectivity index (χ1) is 16.5. The van der Waals surface area contributed by atoms with Crippen LogP contribution < -0.4 is 0 Å². The van der Waals surface area contributed by atoms with Crippen molar-refractivity contribution in [2.75, 3.05) is 0 Å². The van der Waals surface area contributed by atoms with Crippen molar-refractivity contribution in [2.45, 2.75) is 18.6 Å². The second kappa shape index (κ2) is 7.73. The van der Waals surface area contributed by atoms with Crippen molar-refractivity contribution in [1.29, 1.82) is 0 Å². The Morgan fingerprint density at radius 1 is 0.853 bits per heavy atom. The maximum Gasteiger partial charge on any atom is 0.236 e. The van der Waals surface area contributed by atoms with E-state index in [0.29, 0.717) is 0 Å². The van der Waals surface area contributed by atoms with E-state index < -0.39 is 29.7 Å². The van der Waals surface area contributed by atoms with Gasteiger partial charge in [0.05, 0.1) is 30.6 Å². The largest absolute Gasteiger partial charge is 0.292 e. The fourth-order valence-corrected chi connectivity index (χ4v) is 5.44. The number of hydrazone groups is 1. The van der Waals surface area contributed by atoms with E-state index in [-0.39, 0.29) is 29.7 Å². The van der Waals surface area contributed by atoms with Crippen molar-refractivity contribution in [3.63, 3.8) is 0 Å². The first-order valence-corrected chi connectivity index (χ1v) is 11.1. The lowest BCUT2D eigenvalue weighted by atomic mass is 9.83. The number of halogens is 1. The van der Waals surface area contributed by atoms with Gasteiger partial charge in [-0.2, -0.15) is 5.10 Å². The molecule has 168 valence electrons. The Morgan fingerprint density at radius 3 is 2.29 bits per heavy atom. The van der Waals surface area contributed by atoms with Crippen LogP contribution in [0.2, 0.25) is 0 Å². The van der Waals surface area contributed by atoms with Crippen molar-refractivity contribution in [3.05, 3.63) is 107 Å². The zero-order valence-corrected chi connectivity index (χ0v) is 18.0. The van der Waals surface area contributed by atoms with Crippen LogP contribution in [0.15, 0.2) is 84.0 Å². The predicted molar refractivity (Wildman–Crippen MR) is 122 cm³/mol. The van der Waals surface area contributed by atoms with E-state index in [1.165, 1.54) is 29.2 Å². The van der Waals surface area contributed by atoms with E-state index in [1.54, 1.807) is 11.2 Å². The van der Waals surface area contributed by atoms with Gasteiger partial charge in [-0.15, -0.1) is 0 Å². The lowest BCUT2D eigenvalue weighted by molar-refractivity contribution is -0.142. The first-order valence-electron chi connectivity index (χ1n) is 11.1. The average molecular weight is 453 g/mol. The highest BCUT2D eigenvalue weighted by Crippen LogP contribution is 2.52. The topological polar surface area (TPSA) is 70.0 Å². The van der Waals surface area contributed by atoms with E-state index >= 15 is 0 Å². The van der Waals surface area contributed by atoms with Crippen molar-refractivity contribution >= 4 is 23.8 Å². The van der Waals surface area contributed by atoms with Gasteiger partial charge in [-0.05, 0) is 41.0 Å². The molecule has 0 spiro atoms. The van der Waals surface area contributed by atoms with Gasteiger partial charge >= 0.3 is 0 Å². The lowest BCUT2D eigenvalue weighted by Crippen LogP contribution is -2.44. The zero-order chi connectivity index (χ0) is 23.4. The highest BCUT2D eigenvalue weighted by Gasteiger charge is 2.65. The minimum absolute atomic E-state index is 0.153. The molecule has 0 aromatic heterocycles. The number of hydrogen-bond acceptors (Lipinski definition) is 5. The van der Waals surface area contributed by atoms with Crippen LogP contribution in [0.4, 0.5) is 4.39 Å². The van der Waals surface area contributed by atoms with Gasteiger partial charge in [0.15, 0.2) is 5.78 Å². The summed E-state index contributed by atoms with van der Waals surface area (Å²) in [7, 11) is 0. The fraction of sp³-hybridized carbons (Fsp3) is 0.185. The van der Waals surface area contributed by atoms with E-state index in [2.05, 4.69) is 5.10 Å². The second-order valence-corrected chi connectivity index (χ2v) is 8.81. The molecule has 0 N–H and O–H groups in total. The first kappa shape index (κ1) is 20.5. The summed E-state index contributed by atoms with van der Waals surface area (Å²) in [5, 5.41) is 6.14. The highest BCUT2D eigenvalue weighted by atomic mass is 19.1. The molecule has 7 heteroatoms. The van der Waals surface area contributed by atoms with Crippen LogP contribution in [0.3, 0.4) is 0 Å². The molecule has 3 heterocycles. The van der Waals surface area contributed by atoms with Crippen LogP contribution in [0.5, 0.6) is 0 Å². The molecule has 6 nitrogen and oxygen atoms in total. The molecular formula is C27H20FN3O3. The number of likely N-dealkylation sites (tertiary alicyclic amines) is 1. The van der Waals surface area contributed by atoms with Crippen molar-refractivity contribution in [3.8, 4) is 0 Å². The summed E-state index contributed by atoms with van der Waals surface area (Å²) in [4.78, 5) is 42.3. The van der Waals surface area contributed by atoms with Crippen LogP contribution in [0.25, 0.3) is 0 Å². The molecule has 0 aliphatic carbocycles. The van der Waals surface area contributed by atoms with Gasteiger partial charge in [-0.25, -0.2) is 4.39 Å². The van der Waals surface area contributed by atoms with Crippen molar-refractivity contribution in [2.24, 2.45) is 16.9 Å². The third-order valence-electron chi connectivity index (χ3n) is 6.97.